The number of sulfonamides is 1. The van der Waals surface area contributed by atoms with Gasteiger partial charge in [0.05, 0.1) is 17.6 Å². The molecule has 7 heteroatoms. The van der Waals surface area contributed by atoms with Gasteiger partial charge < -0.3 is 4.74 Å². The summed E-state index contributed by atoms with van der Waals surface area (Å²) in [6.07, 6.45) is 4.39. The van der Waals surface area contributed by atoms with E-state index in [-0.39, 0.29) is 16.4 Å². The molecule has 0 unspecified atom stereocenters. The van der Waals surface area contributed by atoms with E-state index in [1.807, 2.05) is 0 Å². The highest BCUT2D eigenvalue weighted by atomic mass is 32.2. The van der Waals surface area contributed by atoms with E-state index in [9.17, 15) is 18.0 Å². The topological polar surface area (TPSA) is 89.5 Å². The third-order valence-corrected chi connectivity index (χ3v) is 5.12. The van der Waals surface area contributed by atoms with E-state index < -0.39 is 21.9 Å². The molecule has 1 aliphatic rings. The van der Waals surface area contributed by atoms with Crippen LogP contribution in [0.15, 0.2) is 29.2 Å². The predicted octanol–water partition coefficient (Wildman–Crippen LogP) is 1.86. The predicted molar refractivity (Wildman–Crippen MR) is 79.7 cm³/mol. The molecule has 1 aliphatic carbocycles. The Kier molecular flexibility index (Phi) is 5.18. The van der Waals surface area contributed by atoms with E-state index in [1.54, 1.807) is 0 Å². The molecule has 0 atom stereocenters. The first kappa shape index (κ1) is 16.5. The lowest BCUT2D eigenvalue weighted by molar-refractivity contribution is -0.124. The van der Waals surface area contributed by atoms with E-state index in [2.05, 4.69) is 9.46 Å². The summed E-state index contributed by atoms with van der Waals surface area (Å²) in [5.74, 6) is -1.36. The monoisotopic (exact) mass is 325 g/mol. The van der Waals surface area contributed by atoms with Crippen molar-refractivity contribution >= 4 is 21.9 Å². The Morgan fingerprint density at radius 2 is 1.86 bits per heavy atom. The minimum absolute atomic E-state index is 0.121. The summed E-state index contributed by atoms with van der Waals surface area (Å²) in [5.41, 5.74) is 0.121. The van der Waals surface area contributed by atoms with Crippen LogP contribution in [0.25, 0.3) is 0 Å². The van der Waals surface area contributed by atoms with Crippen molar-refractivity contribution in [3.05, 3.63) is 29.8 Å². The van der Waals surface area contributed by atoms with Crippen LogP contribution in [0.1, 0.15) is 42.5 Å². The van der Waals surface area contributed by atoms with Crippen molar-refractivity contribution in [2.45, 2.75) is 37.0 Å². The Morgan fingerprint density at radius 1 is 1.18 bits per heavy atom. The fourth-order valence-electron chi connectivity index (χ4n) is 2.55. The van der Waals surface area contributed by atoms with Crippen molar-refractivity contribution in [2.24, 2.45) is 5.92 Å². The Balaban J connectivity index is 2.16. The van der Waals surface area contributed by atoms with Gasteiger partial charge in [-0.15, -0.1) is 0 Å². The van der Waals surface area contributed by atoms with Crippen LogP contribution in [0, 0.1) is 5.92 Å². The van der Waals surface area contributed by atoms with Gasteiger partial charge >= 0.3 is 5.97 Å². The average molecular weight is 325 g/mol. The number of ether oxygens (including phenoxy) is 1. The Morgan fingerprint density at radius 3 is 2.50 bits per heavy atom. The number of nitrogens with one attached hydrogen (secondary N) is 1. The zero-order chi connectivity index (χ0) is 16.2. The van der Waals surface area contributed by atoms with Gasteiger partial charge in [0.15, 0.2) is 0 Å². The number of hydrogen-bond acceptors (Lipinski definition) is 5. The van der Waals surface area contributed by atoms with Crippen LogP contribution < -0.4 is 4.72 Å². The van der Waals surface area contributed by atoms with Crippen molar-refractivity contribution in [2.75, 3.05) is 7.11 Å². The molecule has 0 spiro atoms. The summed E-state index contributed by atoms with van der Waals surface area (Å²) in [7, 11) is -2.76. The zero-order valence-corrected chi connectivity index (χ0v) is 13.2. The summed E-state index contributed by atoms with van der Waals surface area (Å²) in [6, 6.07) is 5.42. The number of carbonyl (C=O) groups excluding carboxylic acids is 2. The maximum Gasteiger partial charge on any atom is 0.337 e. The van der Waals surface area contributed by atoms with E-state index in [0.29, 0.717) is 12.8 Å². The summed E-state index contributed by atoms with van der Waals surface area (Å²) in [6.45, 7) is 0. The molecule has 0 radical (unpaired) electrons. The van der Waals surface area contributed by atoms with Crippen LogP contribution >= 0.6 is 0 Å². The van der Waals surface area contributed by atoms with Crippen molar-refractivity contribution < 1.29 is 22.7 Å². The third-order valence-electron chi connectivity index (χ3n) is 3.78. The van der Waals surface area contributed by atoms with E-state index >= 15 is 0 Å². The SMILES string of the molecule is COC(=O)c1cccc(S(=O)(=O)NC(=O)C2CCCCC2)c1. The first-order valence-corrected chi connectivity index (χ1v) is 8.67. The fourth-order valence-corrected chi connectivity index (χ4v) is 3.64. The number of amides is 1. The molecule has 0 saturated heterocycles. The van der Waals surface area contributed by atoms with E-state index in [1.165, 1.54) is 31.4 Å². The highest BCUT2D eigenvalue weighted by Crippen LogP contribution is 2.24. The Labute approximate surface area is 129 Å². The minimum Gasteiger partial charge on any atom is -0.465 e. The Bertz CT molecular complexity index is 662. The maximum atomic E-state index is 12.3. The minimum atomic E-state index is -3.98. The quantitative estimate of drug-likeness (QED) is 0.853. The molecule has 120 valence electrons. The Hall–Kier alpha value is -1.89. The second-order valence-electron chi connectivity index (χ2n) is 5.32. The van der Waals surface area contributed by atoms with Crippen LogP contribution in [0.3, 0.4) is 0 Å². The normalized spacial score (nSPS) is 16.0. The molecule has 0 aliphatic heterocycles. The summed E-state index contributed by atoms with van der Waals surface area (Å²) >= 11 is 0. The molecule has 0 aromatic heterocycles. The van der Waals surface area contributed by atoms with Crippen LogP contribution in [-0.4, -0.2) is 27.4 Å². The van der Waals surface area contributed by atoms with Crippen molar-refractivity contribution in [1.29, 1.82) is 0 Å². The molecule has 0 bridgehead atoms. The fraction of sp³-hybridized carbons (Fsp3) is 0.467. The van der Waals surface area contributed by atoms with Crippen LogP contribution in [0.2, 0.25) is 0 Å². The van der Waals surface area contributed by atoms with Gasteiger partial charge in [-0.1, -0.05) is 25.3 Å². The van der Waals surface area contributed by atoms with Gasteiger partial charge in [0.1, 0.15) is 0 Å². The van der Waals surface area contributed by atoms with Crippen molar-refractivity contribution in [3.8, 4) is 0 Å². The lowest BCUT2D eigenvalue weighted by Gasteiger charge is -2.20. The van der Waals surface area contributed by atoms with Crippen molar-refractivity contribution in [1.82, 2.24) is 4.72 Å². The zero-order valence-electron chi connectivity index (χ0n) is 12.4. The molecule has 1 fully saturated rings. The lowest BCUT2D eigenvalue weighted by Crippen LogP contribution is -2.36. The average Bonchev–Trinajstić information content (AvgIpc) is 2.54. The molecule has 22 heavy (non-hydrogen) atoms. The molecule has 6 nitrogen and oxygen atoms in total. The highest BCUT2D eigenvalue weighted by molar-refractivity contribution is 7.90. The molecular weight excluding hydrogens is 306 g/mol. The standard InChI is InChI=1S/C15H19NO5S/c1-21-15(18)12-8-5-9-13(10-12)22(19,20)16-14(17)11-6-3-2-4-7-11/h5,8-11H,2-4,6-7H2,1H3,(H,16,17). The largest absolute Gasteiger partial charge is 0.465 e. The second-order valence-corrected chi connectivity index (χ2v) is 7.01. The van der Waals surface area contributed by atoms with Gasteiger partial charge in [0, 0.05) is 5.92 Å². The van der Waals surface area contributed by atoms with Crippen molar-refractivity contribution in [3.63, 3.8) is 0 Å². The van der Waals surface area contributed by atoms with E-state index in [4.69, 9.17) is 0 Å². The van der Waals surface area contributed by atoms with Gasteiger partial charge in [-0.2, -0.15) is 0 Å². The van der Waals surface area contributed by atoms with Gasteiger partial charge in [-0.25, -0.2) is 17.9 Å². The van der Waals surface area contributed by atoms with Crippen LogP contribution in [0.4, 0.5) is 0 Å². The van der Waals surface area contributed by atoms with Gasteiger partial charge in [-0.05, 0) is 31.0 Å². The van der Waals surface area contributed by atoms with E-state index in [0.717, 1.165) is 19.3 Å². The first-order chi connectivity index (χ1) is 10.4. The summed E-state index contributed by atoms with van der Waals surface area (Å²) in [5, 5.41) is 0. The number of carbonyl (C=O) groups is 2. The van der Waals surface area contributed by atoms with Crippen LogP contribution in [0.5, 0.6) is 0 Å². The second kappa shape index (κ2) is 6.91. The smallest absolute Gasteiger partial charge is 0.337 e. The van der Waals surface area contributed by atoms with Gasteiger partial charge in [0.25, 0.3) is 10.0 Å². The maximum absolute atomic E-state index is 12.3. The number of methoxy groups -OCH3 is 1. The number of esters is 1. The summed E-state index contributed by atoms with van der Waals surface area (Å²) < 4.78 is 31.2. The van der Waals surface area contributed by atoms with Crippen LogP contribution in [-0.2, 0) is 19.6 Å². The molecule has 1 aromatic carbocycles. The number of hydrogen-bond donors (Lipinski definition) is 1. The number of benzene rings is 1. The molecule has 1 saturated carbocycles. The number of rotatable bonds is 4. The molecule has 0 heterocycles. The summed E-state index contributed by atoms with van der Waals surface area (Å²) in [4.78, 5) is 23.4. The molecule has 1 N–H and O–H groups in total. The van der Waals surface area contributed by atoms with Gasteiger partial charge in [-0.3, -0.25) is 4.79 Å². The highest BCUT2D eigenvalue weighted by Gasteiger charge is 2.26. The lowest BCUT2D eigenvalue weighted by atomic mass is 9.89. The van der Waals surface area contributed by atoms with Gasteiger partial charge in [0.2, 0.25) is 5.91 Å². The molecule has 1 amide bonds. The molecule has 1 aromatic rings. The molecule has 2 rings (SSSR count). The first-order valence-electron chi connectivity index (χ1n) is 7.19. The third kappa shape index (κ3) is 3.85. The molecular formula is C15H19NO5S.